The predicted octanol–water partition coefficient (Wildman–Crippen LogP) is -2.34. The molecule has 4 atom stereocenters. The number of ether oxygens (including phenoxy) is 2. The number of terminal acetylenes is 1. The van der Waals surface area contributed by atoms with Crippen LogP contribution in [0, 0.1) is 12.3 Å². The third kappa shape index (κ3) is 2.14. The summed E-state index contributed by atoms with van der Waals surface area (Å²) in [6.07, 6.45) is 0.488. The average molecular weight is 283 g/mol. The maximum absolute atomic E-state index is 11.5. The van der Waals surface area contributed by atoms with E-state index in [9.17, 15) is 15.0 Å². The van der Waals surface area contributed by atoms with E-state index in [0.29, 0.717) is 0 Å². The maximum Gasteiger partial charge on any atom is 0.361 e. The first-order chi connectivity index (χ1) is 9.54. The normalized spacial score (nSPS) is 29.1. The van der Waals surface area contributed by atoms with Crippen molar-refractivity contribution in [1.29, 1.82) is 0 Å². The Hall–Kier alpha value is -1.99. The van der Waals surface area contributed by atoms with Crippen molar-refractivity contribution in [3.8, 4) is 12.3 Å². The highest BCUT2D eigenvalue weighted by atomic mass is 16.6. The highest BCUT2D eigenvalue weighted by Crippen LogP contribution is 2.29. The van der Waals surface area contributed by atoms with Crippen LogP contribution >= 0.6 is 0 Å². The van der Waals surface area contributed by atoms with Crippen LogP contribution in [0.3, 0.4) is 0 Å². The van der Waals surface area contributed by atoms with Gasteiger partial charge in [0.25, 0.3) is 0 Å². The molecule has 1 aromatic heterocycles. The number of hydrogen-bond acceptors (Lipinski definition) is 8. The molecule has 9 heteroatoms. The van der Waals surface area contributed by atoms with Crippen molar-refractivity contribution < 1.29 is 29.6 Å². The fraction of sp³-hybridized carbons (Fsp3) is 0.545. The van der Waals surface area contributed by atoms with Crippen LogP contribution in [0.1, 0.15) is 22.4 Å². The van der Waals surface area contributed by atoms with Gasteiger partial charge in [-0.1, -0.05) is 5.21 Å². The fourth-order valence-corrected chi connectivity index (χ4v) is 1.92. The van der Waals surface area contributed by atoms with Crippen LogP contribution in [0.5, 0.6) is 0 Å². The molecule has 2 rings (SSSR count). The maximum atomic E-state index is 11.5. The molecule has 1 fully saturated rings. The van der Waals surface area contributed by atoms with Crippen LogP contribution < -0.4 is 0 Å². The molecule has 0 amide bonds. The lowest BCUT2D eigenvalue weighted by molar-refractivity contribution is -0.0597. The predicted molar refractivity (Wildman–Crippen MR) is 62.3 cm³/mol. The van der Waals surface area contributed by atoms with Crippen molar-refractivity contribution in [3.63, 3.8) is 0 Å². The molecule has 108 valence electrons. The summed E-state index contributed by atoms with van der Waals surface area (Å²) in [5, 5.41) is 35.8. The summed E-state index contributed by atoms with van der Waals surface area (Å²) in [6.45, 7) is -0.487. The summed E-state index contributed by atoms with van der Waals surface area (Å²) in [6, 6.07) is 0. The molecule has 2 heterocycles. The number of hydrogen-bond donors (Lipinski definition) is 3. The minimum atomic E-state index is -1.37. The minimum Gasteiger partial charge on any atom is -0.464 e. The smallest absolute Gasteiger partial charge is 0.361 e. The number of esters is 1. The van der Waals surface area contributed by atoms with E-state index >= 15 is 0 Å². The highest BCUT2D eigenvalue weighted by Gasteiger charge is 2.45. The van der Waals surface area contributed by atoms with Gasteiger partial charge in [0.15, 0.2) is 6.23 Å². The van der Waals surface area contributed by atoms with Crippen LogP contribution in [-0.4, -0.2) is 68.3 Å². The molecule has 0 radical (unpaired) electrons. The van der Waals surface area contributed by atoms with E-state index in [1.807, 2.05) is 0 Å². The lowest BCUT2D eigenvalue weighted by Gasteiger charge is -2.15. The van der Waals surface area contributed by atoms with Gasteiger partial charge in [0.2, 0.25) is 5.69 Å². The number of aliphatic hydroxyl groups excluding tert-OH is 3. The Labute approximate surface area is 113 Å². The summed E-state index contributed by atoms with van der Waals surface area (Å²) in [5.74, 6) is 1.42. The zero-order chi connectivity index (χ0) is 14.9. The van der Waals surface area contributed by atoms with Crippen molar-refractivity contribution in [2.75, 3.05) is 13.7 Å². The summed E-state index contributed by atoms with van der Waals surface area (Å²) in [4.78, 5) is 11.5. The first-order valence-electron chi connectivity index (χ1n) is 5.67. The van der Waals surface area contributed by atoms with Crippen LogP contribution in [-0.2, 0) is 9.47 Å². The summed E-state index contributed by atoms with van der Waals surface area (Å²) >= 11 is 0. The molecular formula is C11H13N3O6. The molecule has 1 aliphatic rings. The Kier molecular flexibility index (Phi) is 4.01. The third-order valence-corrected chi connectivity index (χ3v) is 2.97. The minimum absolute atomic E-state index is 0.0494. The van der Waals surface area contributed by atoms with Crippen LogP contribution in [0.4, 0.5) is 0 Å². The van der Waals surface area contributed by atoms with Gasteiger partial charge in [0.1, 0.15) is 24.0 Å². The lowest BCUT2D eigenvalue weighted by atomic mass is 10.1. The molecule has 0 saturated carbocycles. The second-order valence-electron chi connectivity index (χ2n) is 4.10. The molecule has 4 unspecified atom stereocenters. The van der Waals surface area contributed by atoms with Gasteiger partial charge < -0.3 is 24.8 Å². The first-order valence-corrected chi connectivity index (χ1v) is 5.67. The molecule has 3 N–H and O–H groups in total. The number of methoxy groups -OCH3 is 1. The fourth-order valence-electron chi connectivity index (χ4n) is 1.92. The average Bonchev–Trinajstić information content (AvgIpc) is 3.00. The van der Waals surface area contributed by atoms with Crippen LogP contribution in [0.15, 0.2) is 0 Å². The van der Waals surface area contributed by atoms with E-state index < -0.39 is 37.1 Å². The number of carbonyl (C=O) groups excluding carboxylic acids is 1. The van der Waals surface area contributed by atoms with E-state index in [1.54, 1.807) is 0 Å². The zero-order valence-corrected chi connectivity index (χ0v) is 10.5. The Morgan fingerprint density at radius 1 is 1.55 bits per heavy atom. The van der Waals surface area contributed by atoms with E-state index in [4.69, 9.17) is 16.3 Å². The van der Waals surface area contributed by atoms with Crippen LogP contribution in [0.25, 0.3) is 0 Å². The first kappa shape index (κ1) is 14.4. The van der Waals surface area contributed by atoms with Gasteiger partial charge >= 0.3 is 5.97 Å². The standard InChI is InChI=1S/C11H13N3O6/c1-3-5-7(11(18)19-2)12-13-14(5)10-9(17)8(16)6(4-15)20-10/h1,6,8-10,15-17H,4H2,2H3. The molecular weight excluding hydrogens is 270 g/mol. The Morgan fingerprint density at radius 3 is 2.75 bits per heavy atom. The second-order valence-corrected chi connectivity index (χ2v) is 4.10. The van der Waals surface area contributed by atoms with Gasteiger partial charge in [-0.15, -0.1) is 11.5 Å². The molecule has 0 bridgehead atoms. The molecule has 0 aromatic carbocycles. The van der Waals surface area contributed by atoms with Crippen molar-refractivity contribution in [2.24, 2.45) is 0 Å². The summed E-state index contributed by atoms with van der Waals surface area (Å²) in [5.41, 5.74) is -0.251. The number of aliphatic hydroxyl groups is 3. The van der Waals surface area contributed by atoms with Crippen molar-refractivity contribution in [1.82, 2.24) is 15.0 Å². The van der Waals surface area contributed by atoms with Crippen molar-refractivity contribution >= 4 is 5.97 Å². The van der Waals surface area contributed by atoms with Crippen molar-refractivity contribution in [2.45, 2.75) is 24.5 Å². The van der Waals surface area contributed by atoms with E-state index in [-0.39, 0.29) is 11.4 Å². The van der Waals surface area contributed by atoms with Gasteiger partial charge in [0, 0.05) is 0 Å². The number of nitrogens with zero attached hydrogens (tertiary/aromatic N) is 3. The Balaban J connectivity index is 2.37. The Bertz CT molecular complexity index is 551. The van der Waals surface area contributed by atoms with Gasteiger partial charge in [-0.3, -0.25) is 0 Å². The number of aromatic nitrogens is 3. The quantitative estimate of drug-likeness (QED) is 0.416. The molecule has 0 spiro atoms. The topological polar surface area (TPSA) is 127 Å². The SMILES string of the molecule is C#Cc1c(C(=O)OC)nnn1C1OC(CO)C(O)C1O. The molecule has 1 aromatic rings. The zero-order valence-electron chi connectivity index (χ0n) is 10.5. The largest absolute Gasteiger partial charge is 0.464 e. The van der Waals surface area contributed by atoms with E-state index in [1.165, 1.54) is 0 Å². The monoisotopic (exact) mass is 283 g/mol. The summed E-state index contributed by atoms with van der Waals surface area (Å²) in [7, 11) is 1.16. The third-order valence-electron chi connectivity index (χ3n) is 2.97. The van der Waals surface area contributed by atoms with E-state index in [2.05, 4.69) is 21.0 Å². The highest BCUT2D eigenvalue weighted by molar-refractivity contribution is 5.89. The molecule has 0 aliphatic carbocycles. The van der Waals surface area contributed by atoms with E-state index in [0.717, 1.165) is 11.8 Å². The van der Waals surface area contributed by atoms with Crippen molar-refractivity contribution in [3.05, 3.63) is 11.4 Å². The van der Waals surface area contributed by atoms with Gasteiger partial charge in [-0.25, -0.2) is 9.48 Å². The van der Waals surface area contributed by atoms with Gasteiger partial charge in [-0.05, 0) is 5.92 Å². The van der Waals surface area contributed by atoms with Gasteiger partial charge in [-0.2, -0.15) is 0 Å². The lowest BCUT2D eigenvalue weighted by Crippen LogP contribution is -2.33. The molecule has 1 aliphatic heterocycles. The molecule has 20 heavy (non-hydrogen) atoms. The van der Waals surface area contributed by atoms with Gasteiger partial charge in [0.05, 0.1) is 13.7 Å². The van der Waals surface area contributed by atoms with Crippen LogP contribution in [0.2, 0.25) is 0 Å². The second kappa shape index (κ2) is 5.56. The molecule has 1 saturated heterocycles. The summed E-state index contributed by atoms with van der Waals surface area (Å²) < 4.78 is 10.8. The molecule has 9 nitrogen and oxygen atoms in total. The Morgan fingerprint density at radius 2 is 2.25 bits per heavy atom. The number of carbonyl (C=O) groups is 1. The number of rotatable bonds is 3.